The Morgan fingerprint density at radius 3 is 2.79 bits per heavy atom. The number of fused-ring (bicyclic) bond motifs is 1. The third-order valence-electron chi connectivity index (χ3n) is 3.44. The Morgan fingerprint density at radius 2 is 2.16 bits per heavy atom. The van der Waals surface area contributed by atoms with Crippen molar-refractivity contribution in [3.05, 3.63) is 24.0 Å². The van der Waals surface area contributed by atoms with E-state index in [2.05, 4.69) is 9.97 Å². The van der Waals surface area contributed by atoms with Gasteiger partial charge in [-0.15, -0.1) is 0 Å². The van der Waals surface area contributed by atoms with Crippen LogP contribution in [0.5, 0.6) is 0 Å². The largest absolute Gasteiger partial charge is 0.367 e. The summed E-state index contributed by atoms with van der Waals surface area (Å²) in [5.74, 6) is 0.782. The predicted molar refractivity (Wildman–Crippen MR) is 71.7 cm³/mol. The van der Waals surface area contributed by atoms with Crippen LogP contribution in [0.1, 0.15) is 31.7 Å². The van der Waals surface area contributed by atoms with Crippen molar-refractivity contribution in [1.29, 1.82) is 0 Å². The van der Waals surface area contributed by atoms with E-state index in [0.29, 0.717) is 4.90 Å². The maximum absolute atomic E-state index is 11.5. The minimum atomic E-state index is -3.19. The first-order chi connectivity index (χ1) is 8.93. The molecule has 1 aliphatic rings. The van der Waals surface area contributed by atoms with E-state index in [-0.39, 0.29) is 12.2 Å². The SMILES string of the molecule is CC1CCC(c2nc3ccc(S(C)(=O)=O)cc3[nH]2)O1. The first-order valence-corrected chi connectivity index (χ1v) is 8.18. The van der Waals surface area contributed by atoms with E-state index in [9.17, 15) is 8.42 Å². The van der Waals surface area contributed by atoms with Gasteiger partial charge < -0.3 is 9.72 Å². The van der Waals surface area contributed by atoms with Crippen LogP contribution in [-0.4, -0.2) is 30.7 Å². The summed E-state index contributed by atoms with van der Waals surface area (Å²) in [6.07, 6.45) is 3.41. The van der Waals surface area contributed by atoms with E-state index < -0.39 is 9.84 Å². The Kier molecular flexibility index (Phi) is 2.87. The van der Waals surface area contributed by atoms with Gasteiger partial charge in [-0.05, 0) is 38.0 Å². The lowest BCUT2D eigenvalue weighted by Gasteiger charge is -2.06. The third kappa shape index (κ3) is 2.37. The Bertz CT molecular complexity index is 721. The minimum Gasteiger partial charge on any atom is -0.367 e. The molecule has 5 nitrogen and oxygen atoms in total. The molecule has 2 unspecified atom stereocenters. The van der Waals surface area contributed by atoms with Crippen LogP contribution in [0.2, 0.25) is 0 Å². The van der Waals surface area contributed by atoms with Crippen molar-refractivity contribution in [1.82, 2.24) is 9.97 Å². The Hall–Kier alpha value is -1.40. The Morgan fingerprint density at radius 1 is 1.37 bits per heavy atom. The molecular formula is C13H16N2O3S. The van der Waals surface area contributed by atoms with Gasteiger partial charge in [0.15, 0.2) is 9.84 Å². The summed E-state index contributed by atoms with van der Waals surface area (Å²) in [4.78, 5) is 7.95. The fourth-order valence-electron chi connectivity index (χ4n) is 2.40. The van der Waals surface area contributed by atoms with Gasteiger partial charge in [0.25, 0.3) is 0 Å². The van der Waals surface area contributed by atoms with Crippen molar-refractivity contribution in [3.8, 4) is 0 Å². The lowest BCUT2D eigenvalue weighted by atomic mass is 10.2. The van der Waals surface area contributed by atoms with Gasteiger partial charge in [-0.1, -0.05) is 0 Å². The summed E-state index contributed by atoms with van der Waals surface area (Å²) < 4.78 is 28.8. The van der Waals surface area contributed by atoms with Crippen LogP contribution in [-0.2, 0) is 14.6 Å². The molecule has 0 amide bonds. The van der Waals surface area contributed by atoms with Crippen molar-refractivity contribution in [2.75, 3.05) is 6.26 Å². The summed E-state index contributed by atoms with van der Waals surface area (Å²) >= 11 is 0. The number of nitrogens with zero attached hydrogens (tertiary/aromatic N) is 1. The highest BCUT2D eigenvalue weighted by molar-refractivity contribution is 7.90. The van der Waals surface area contributed by atoms with Gasteiger partial charge in [0.05, 0.1) is 22.0 Å². The van der Waals surface area contributed by atoms with Crippen molar-refractivity contribution in [2.45, 2.75) is 36.9 Å². The summed E-state index contributed by atoms with van der Waals surface area (Å²) in [5, 5.41) is 0. The molecule has 0 aliphatic carbocycles. The average Bonchev–Trinajstić information content (AvgIpc) is 2.92. The number of sulfone groups is 1. The lowest BCUT2D eigenvalue weighted by molar-refractivity contribution is 0.0510. The Balaban J connectivity index is 2.02. The topological polar surface area (TPSA) is 72.0 Å². The molecule has 3 rings (SSSR count). The number of hydrogen-bond acceptors (Lipinski definition) is 4. The molecule has 0 radical (unpaired) electrons. The number of rotatable bonds is 2. The molecule has 1 fully saturated rings. The highest BCUT2D eigenvalue weighted by Gasteiger charge is 2.26. The standard InChI is InChI=1S/C13H16N2O3S/c1-8-3-6-12(18-8)13-14-10-5-4-9(19(2,16)17)7-11(10)15-13/h4-5,7-8,12H,3,6H2,1-2H3,(H,14,15). The van der Waals surface area contributed by atoms with Gasteiger partial charge in [-0.3, -0.25) is 0 Å². The molecule has 2 aromatic rings. The molecule has 0 spiro atoms. The maximum Gasteiger partial charge on any atom is 0.175 e. The van der Waals surface area contributed by atoms with Crippen LogP contribution < -0.4 is 0 Å². The monoisotopic (exact) mass is 280 g/mol. The number of aromatic amines is 1. The second-order valence-electron chi connectivity index (χ2n) is 5.09. The van der Waals surface area contributed by atoms with Crippen LogP contribution >= 0.6 is 0 Å². The fraction of sp³-hybridized carbons (Fsp3) is 0.462. The van der Waals surface area contributed by atoms with Crippen LogP contribution in [0.15, 0.2) is 23.1 Å². The first-order valence-electron chi connectivity index (χ1n) is 6.28. The number of imidazole rings is 1. The minimum absolute atomic E-state index is 0.0101. The number of ether oxygens (including phenoxy) is 1. The van der Waals surface area contributed by atoms with Crippen LogP contribution in [0.4, 0.5) is 0 Å². The summed E-state index contributed by atoms with van der Waals surface area (Å²) in [6, 6.07) is 4.93. The molecule has 0 saturated carbocycles. The molecule has 2 heterocycles. The number of aromatic nitrogens is 2. The lowest BCUT2D eigenvalue weighted by Crippen LogP contribution is -2.02. The quantitative estimate of drug-likeness (QED) is 0.915. The van der Waals surface area contributed by atoms with E-state index in [1.54, 1.807) is 18.2 Å². The summed E-state index contributed by atoms with van der Waals surface area (Å²) in [7, 11) is -3.19. The van der Waals surface area contributed by atoms with Crippen LogP contribution in [0.3, 0.4) is 0 Å². The van der Waals surface area contributed by atoms with Gasteiger partial charge in [0.1, 0.15) is 11.9 Å². The molecule has 0 bridgehead atoms. The smallest absolute Gasteiger partial charge is 0.175 e. The van der Waals surface area contributed by atoms with Crippen LogP contribution in [0, 0.1) is 0 Å². The average molecular weight is 280 g/mol. The fourth-order valence-corrected chi connectivity index (χ4v) is 3.04. The molecule has 1 N–H and O–H groups in total. The van der Waals surface area contributed by atoms with Crippen molar-refractivity contribution in [3.63, 3.8) is 0 Å². The number of nitrogens with one attached hydrogen (secondary N) is 1. The zero-order chi connectivity index (χ0) is 13.6. The second-order valence-corrected chi connectivity index (χ2v) is 7.10. The molecule has 1 aromatic heterocycles. The zero-order valence-corrected chi connectivity index (χ0v) is 11.7. The number of benzene rings is 1. The maximum atomic E-state index is 11.5. The van der Waals surface area contributed by atoms with Crippen molar-refractivity contribution < 1.29 is 13.2 Å². The molecule has 1 aromatic carbocycles. The van der Waals surface area contributed by atoms with E-state index in [1.807, 2.05) is 6.92 Å². The van der Waals surface area contributed by atoms with E-state index in [4.69, 9.17) is 4.74 Å². The Labute approximate surface area is 111 Å². The summed E-state index contributed by atoms with van der Waals surface area (Å²) in [6.45, 7) is 2.05. The van der Waals surface area contributed by atoms with E-state index in [0.717, 1.165) is 29.7 Å². The van der Waals surface area contributed by atoms with E-state index >= 15 is 0 Å². The first kappa shape index (κ1) is 12.6. The molecule has 19 heavy (non-hydrogen) atoms. The van der Waals surface area contributed by atoms with Gasteiger partial charge in [0, 0.05) is 6.26 Å². The highest BCUT2D eigenvalue weighted by Crippen LogP contribution is 2.32. The van der Waals surface area contributed by atoms with Crippen LogP contribution in [0.25, 0.3) is 11.0 Å². The molecule has 2 atom stereocenters. The molecule has 1 saturated heterocycles. The zero-order valence-electron chi connectivity index (χ0n) is 10.9. The number of H-pyrrole nitrogens is 1. The van der Waals surface area contributed by atoms with Gasteiger partial charge in [-0.25, -0.2) is 13.4 Å². The predicted octanol–water partition coefficient (Wildman–Crippen LogP) is 2.21. The number of hydrogen-bond donors (Lipinski definition) is 1. The third-order valence-corrected chi connectivity index (χ3v) is 4.55. The van der Waals surface area contributed by atoms with Gasteiger partial charge in [0.2, 0.25) is 0 Å². The van der Waals surface area contributed by atoms with Crippen molar-refractivity contribution >= 4 is 20.9 Å². The highest BCUT2D eigenvalue weighted by atomic mass is 32.2. The summed E-state index contributed by atoms with van der Waals surface area (Å²) in [5.41, 5.74) is 1.51. The normalized spacial score (nSPS) is 24.1. The van der Waals surface area contributed by atoms with Gasteiger partial charge in [-0.2, -0.15) is 0 Å². The molecule has 1 aliphatic heterocycles. The van der Waals surface area contributed by atoms with E-state index in [1.165, 1.54) is 6.26 Å². The molecule has 6 heteroatoms. The molecule has 102 valence electrons. The van der Waals surface area contributed by atoms with Gasteiger partial charge >= 0.3 is 0 Å². The molecular weight excluding hydrogens is 264 g/mol. The second kappa shape index (κ2) is 4.31. The van der Waals surface area contributed by atoms with Crippen molar-refractivity contribution in [2.24, 2.45) is 0 Å².